The van der Waals surface area contributed by atoms with Crippen molar-refractivity contribution < 1.29 is 9.13 Å². The minimum Gasteiger partial charge on any atom is -0.382 e. The Balaban J connectivity index is 2.04. The first kappa shape index (κ1) is 14.3. The molecule has 19 heavy (non-hydrogen) atoms. The molecule has 0 aromatic heterocycles. The van der Waals surface area contributed by atoms with Gasteiger partial charge in [0.25, 0.3) is 0 Å². The third-order valence-corrected chi connectivity index (χ3v) is 4.28. The van der Waals surface area contributed by atoms with Gasteiger partial charge >= 0.3 is 0 Å². The lowest BCUT2D eigenvalue weighted by Crippen LogP contribution is -2.23. The summed E-state index contributed by atoms with van der Waals surface area (Å²) < 4.78 is 19.8. The van der Waals surface area contributed by atoms with Gasteiger partial charge in [-0.05, 0) is 40.9 Å². The average Bonchev–Trinajstić information content (AvgIpc) is 2.88. The Morgan fingerprint density at radius 1 is 1.58 bits per heavy atom. The molecular formula is C14H16BrFN2O. The number of ether oxygens (including phenoxy) is 1. The molecule has 2 unspecified atom stereocenters. The summed E-state index contributed by atoms with van der Waals surface area (Å²) in [6.07, 6.45) is 2.24. The number of nitriles is 1. The number of nitrogens with zero attached hydrogens (tertiary/aromatic N) is 1. The summed E-state index contributed by atoms with van der Waals surface area (Å²) in [5.74, 6) is 0.00447. The zero-order chi connectivity index (χ0) is 13.8. The summed E-state index contributed by atoms with van der Waals surface area (Å²) in [5.41, 5.74) is 0.728. The molecule has 0 amide bonds. The molecule has 1 fully saturated rings. The lowest BCUT2D eigenvalue weighted by atomic mass is 9.99. The van der Waals surface area contributed by atoms with Gasteiger partial charge in [-0.3, -0.25) is 0 Å². The van der Waals surface area contributed by atoms with Crippen LogP contribution in [0, 0.1) is 23.1 Å². The van der Waals surface area contributed by atoms with E-state index in [0.29, 0.717) is 23.7 Å². The Labute approximate surface area is 120 Å². The van der Waals surface area contributed by atoms with Gasteiger partial charge in [-0.25, -0.2) is 4.39 Å². The van der Waals surface area contributed by atoms with E-state index in [1.165, 1.54) is 0 Å². The molecule has 2 atom stereocenters. The minimum absolute atomic E-state index is 0.217. The SMILES string of the molecule is CCC1OCCC1CNc1ccc(C#N)c(Br)c1F. The van der Waals surface area contributed by atoms with Crippen LogP contribution in [0.15, 0.2) is 16.6 Å². The largest absolute Gasteiger partial charge is 0.382 e. The van der Waals surface area contributed by atoms with Crippen LogP contribution < -0.4 is 5.32 Å². The maximum Gasteiger partial charge on any atom is 0.161 e. The topological polar surface area (TPSA) is 45.0 Å². The highest BCUT2D eigenvalue weighted by atomic mass is 79.9. The van der Waals surface area contributed by atoms with Gasteiger partial charge in [0.1, 0.15) is 6.07 Å². The van der Waals surface area contributed by atoms with Crippen molar-refractivity contribution in [3.63, 3.8) is 0 Å². The molecule has 2 rings (SSSR count). The summed E-state index contributed by atoms with van der Waals surface area (Å²) >= 11 is 3.11. The summed E-state index contributed by atoms with van der Waals surface area (Å²) in [5, 5.41) is 11.9. The molecule has 1 aliphatic heterocycles. The van der Waals surface area contributed by atoms with Gasteiger partial charge in [0.05, 0.1) is 21.8 Å². The first-order chi connectivity index (χ1) is 9.17. The van der Waals surface area contributed by atoms with Crippen LogP contribution in [0.2, 0.25) is 0 Å². The van der Waals surface area contributed by atoms with E-state index in [0.717, 1.165) is 19.4 Å². The van der Waals surface area contributed by atoms with Gasteiger partial charge < -0.3 is 10.1 Å². The summed E-state index contributed by atoms with van der Waals surface area (Å²) in [6, 6.07) is 5.16. The van der Waals surface area contributed by atoms with Crippen molar-refractivity contribution in [2.75, 3.05) is 18.5 Å². The van der Waals surface area contributed by atoms with Crippen molar-refractivity contribution >= 4 is 21.6 Å². The number of rotatable bonds is 4. The van der Waals surface area contributed by atoms with E-state index in [-0.39, 0.29) is 10.6 Å². The zero-order valence-corrected chi connectivity index (χ0v) is 12.3. The van der Waals surface area contributed by atoms with Gasteiger partial charge in [-0.1, -0.05) is 6.92 Å². The molecule has 1 heterocycles. The molecule has 1 N–H and O–H groups in total. The van der Waals surface area contributed by atoms with Crippen molar-refractivity contribution in [3.8, 4) is 6.07 Å². The maximum atomic E-state index is 14.0. The molecule has 0 saturated carbocycles. The van der Waals surface area contributed by atoms with Crippen LogP contribution in [-0.2, 0) is 4.74 Å². The Morgan fingerprint density at radius 2 is 2.37 bits per heavy atom. The Hall–Kier alpha value is -1.12. The number of anilines is 1. The van der Waals surface area contributed by atoms with E-state index in [9.17, 15) is 4.39 Å². The van der Waals surface area contributed by atoms with Crippen molar-refractivity contribution in [2.45, 2.75) is 25.9 Å². The highest BCUT2D eigenvalue weighted by molar-refractivity contribution is 9.10. The van der Waals surface area contributed by atoms with E-state index in [2.05, 4.69) is 28.2 Å². The molecule has 0 spiro atoms. The Morgan fingerprint density at radius 3 is 3.05 bits per heavy atom. The standard InChI is InChI=1S/C14H16BrFN2O/c1-2-12-10(5-6-19-12)8-18-11-4-3-9(7-17)13(15)14(11)16/h3-4,10,12,18H,2,5-6,8H2,1H3. The van der Waals surface area contributed by atoms with Crippen LogP contribution >= 0.6 is 15.9 Å². The smallest absolute Gasteiger partial charge is 0.161 e. The second-order valence-corrected chi connectivity index (χ2v) is 5.44. The zero-order valence-electron chi connectivity index (χ0n) is 10.7. The lowest BCUT2D eigenvalue weighted by molar-refractivity contribution is 0.0900. The fourth-order valence-corrected chi connectivity index (χ4v) is 2.83. The van der Waals surface area contributed by atoms with Crippen molar-refractivity contribution in [3.05, 3.63) is 28.0 Å². The van der Waals surface area contributed by atoms with E-state index in [4.69, 9.17) is 10.00 Å². The first-order valence-electron chi connectivity index (χ1n) is 6.41. The molecule has 102 valence electrons. The number of hydrogen-bond acceptors (Lipinski definition) is 3. The van der Waals surface area contributed by atoms with Crippen molar-refractivity contribution in [2.24, 2.45) is 5.92 Å². The van der Waals surface area contributed by atoms with Crippen LogP contribution in [0.1, 0.15) is 25.3 Å². The molecule has 1 aromatic carbocycles. The van der Waals surface area contributed by atoms with E-state index in [1.807, 2.05) is 6.07 Å². The summed E-state index contributed by atoms with van der Waals surface area (Å²) in [7, 11) is 0. The normalized spacial score (nSPS) is 22.2. The molecule has 1 aromatic rings. The van der Waals surface area contributed by atoms with E-state index in [1.54, 1.807) is 12.1 Å². The molecule has 0 bridgehead atoms. The predicted octanol–water partition coefficient (Wildman–Crippen LogP) is 3.69. The molecule has 1 saturated heterocycles. The molecule has 0 aliphatic carbocycles. The second kappa shape index (κ2) is 6.36. The lowest BCUT2D eigenvalue weighted by Gasteiger charge is -2.18. The predicted molar refractivity (Wildman–Crippen MR) is 75.4 cm³/mol. The Kier molecular flexibility index (Phi) is 4.78. The fourth-order valence-electron chi connectivity index (χ4n) is 2.39. The third kappa shape index (κ3) is 3.07. The van der Waals surface area contributed by atoms with Crippen LogP contribution in [0.3, 0.4) is 0 Å². The fraction of sp³-hybridized carbons (Fsp3) is 0.500. The summed E-state index contributed by atoms with van der Waals surface area (Å²) in [6.45, 7) is 3.57. The van der Waals surface area contributed by atoms with Gasteiger partial charge in [0, 0.05) is 19.1 Å². The maximum absolute atomic E-state index is 14.0. The first-order valence-corrected chi connectivity index (χ1v) is 7.20. The van der Waals surface area contributed by atoms with E-state index >= 15 is 0 Å². The van der Waals surface area contributed by atoms with E-state index < -0.39 is 5.82 Å². The van der Waals surface area contributed by atoms with Crippen LogP contribution in [0.25, 0.3) is 0 Å². The number of benzene rings is 1. The molecule has 5 heteroatoms. The second-order valence-electron chi connectivity index (χ2n) is 4.65. The highest BCUT2D eigenvalue weighted by Gasteiger charge is 2.26. The molecule has 0 radical (unpaired) electrons. The van der Waals surface area contributed by atoms with Crippen molar-refractivity contribution in [1.82, 2.24) is 0 Å². The van der Waals surface area contributed by atoms with Crippen molar-refractivity contribution in [1.29, 1.82) is 5.26 Å². The van der Waals surface area contributed by atoms with Crippen LogP contribution in [0.5, 0.6) is 0 Å². The monoisotopic (exact) mass is 326 g/mol. The summed E-state index contributed by atoms with van der Waals surface area (Å²) in [4.78, 5) is 0. The Bertz CT molecular complexity index is 501. The molecule has 3 nitrogen and oxygen atoms in total. The average molecular weight is 327 g/mol. The van der Waals surface area contributed by atoms with Gasteiger partial charge in [-0.2, -0.15) is 5.26 Å². The van der Waals surface area contributed by atoms with Gasteiger partial charge in [0.2, 0.25) is 0 Å². The molecular weight excluding hydrogens is 311 g/mol. The third-order valence-electron chi connectivity index (χ3n) is 3.51. The number of nitrogens with one attached hydrogen (secondary N) is 1. The van der Waals surface area contributed by atoms with Crippen LogP contribution in [0.4, 0.5) is 10.1 Å². The number of hydrogen-bond donors (Lipinski definition) is 1. The molecule has 1 aliphatic rings. The van der Waals surface area contributed by atoms with Crippen LogP contribution in [-0.4, -0.2) is 19.3 Å². The number of halogens is 2. The van der Waals surface area contributed by atoms with Gasteiger partial charge in [-0.15, -0.1) is 0 Å². The van der Waals surface area contributed by atoms with Gasteiger partial charge in [0.15, 0.2) is 5.82 Å². The minimum atomic E-state index is -0.411. The highest BCUT2D eigenvalue weighted by Crippen LogP contribution is 2.28. The quantitative estimate of drug-likeness (QED) is 0.917.